The molecule has 0 aliphatic carbocycles. The molecule has 1 aromatic carbocycles. The second kappa shape index (κ2) is 7.67. The molecule has 3 rings (SSSR count). The molecular formula is C17H24N2O6S2. The zero-order valence-electron chi connectivity index (χ0n) is 15.1. The van der Waals surface area contributed by atoms with Crippen molar-refractivity contribution in [2.75, 3.05) is 39.8 Å². The number of nitrogens with zero attached hydrogens (tertiary/aromatic N) is 1. The lowest BCUT2D eigenvalue weighted by molar-refractivity contribution is 0.157. The van der Waals surface area contributed by atoms with E-state index in [1.807, 2.05) is 0 Å². The number of nitrogens with one attached hydrogen (secondary N) is 1. The van der Waals surface area contributed by atoms with Gasteiger partial charge in [-0.1, -0.05) is 12.1 Å². The van der Waals surface area contributed by atoms with E-state index < -0.39 is 31.8 Å². The molecule has 150 valence electrons. The summed E-state index contributed by atoms with van der Waals surface area (Å²) in [5.74, 6) is 0.0931. The molecule has 2 unspecified atom stereocenters. The molecule has 2 atom stereocenters. The van der Waals surface area contributed by atoms with E-state index in [1.165, 1.54) is 4.90 Å². The highest BCUT2D eigenvalue weighted by atomic mass is 32.2. The van der Waals surface area contributed by atoms with Gasteiger partial charge < -0.3 is 10.1 Å². The molecule has 0 aromatic heterocycles. The Morgan fingerprint density at radius 2 is 1.78 bits per heavy atom. The van der Waals surface area contributed by atoms with Crippen LogP contribution in [0.5, 0.6) is 0 Å². The first-order valence-corrected chi connectivity index (χ1v) is 12.6. The van der Waals surface area contributed by atoms with Crippen LogP contribution >= 0.6 is 0 Å². The van der Waals surface area contributed by atoms with Crippen molar-refractivity contribution in [1.82, 2.24) is 0 Å². The van der Waals surface area contributed by atoms with Crippen molar-refractivity contribution in [3.05, 3.63) is 24.3 Å². The number of carbonyl (C=O) groups excluding carboxylic acids is 1. The molecule has 2 aliphatic heterocycles. The van der Waals surface area contributed by atoms with Gasteiger partial charge in [0.1, 0.15) is 0 Å². The largest absolute Gasteiger partial charge is 0.449 e. The number of amides is 1. The number of benzene rings is 1. The molecule has 0 spiro atoms. The van der Waals surface area contributed by atoms with Crippen molar-refractivity contribution in [2.24, 2.45) is 0 Å². The number of anilines is 2. The van der Waals surface area contributed by atoms with E-state index in [-0.39, 0.29) is 35.7 Å². The van der Waals surface area contributed by atoms with Gasteiger partial charge in [0.2, 0.25) is 0 Å². The summed E-state index contributed by atoms with van der Waals surface area (Å²) >= 11 is 0. The van der Waals surface area contributed by atoms with Crippen LogP contribution < -0.4 is 10.2 Å². The van der Waals surface area contributed by atoms with E-state index in [1.54, 1.807) is 31.2 Å². The Morgan fingerprint density at radius 3 is 2.37 bits per heavy atom. The zero-order chi connectivity index (χ0) is 19.7. The maximum Gasteiger partial charge on any atom is 0.414 e. The summed E-state index contributed by atoms with van der Waals surface area (Å²) in [4.78, 5) is 14.0. The molecule has 1 aromatic rings. The van der Waals surface area contributed by atoms with Crippen LogP contribution in [0.1, 0.15) is 19.8 Å². The smallest absolute Gasteiger partial charge is 0.414 e. The van der Waals surface area contributed by atoms with Gasteiger partial charge >= 0.3 is 6.09 Å². The van der Waals surface area contributed by atoms with E-state index in [0.29, 0.717) is 24.2 Å². The number of hydrogen-bond acceptors (Lipinski definition) is 7. The molecule has 10 heteroatoms. The minimum absolute atomic E-state index is 0.0318. The van der Waals surface area contributed by atoms with Gasteiger partial charge in [-0.05, 0) is 31.9 Å². The van der Waals surface area contributed by atoms with Crippen molar-refractivity contribution < 1.29 is 26.4 Å². The predicted molar refractivity (Wildman–Crippen MR) is 104 cm³/mol. The van der Waals surface area contributed by atoms with Gasteiger partial charge in [0.15, 0.2) is 19.7 Å². The van der Waals surface area contributed by atoms with Crippen LogP contribution in [-0.2, 0) is 24.4 Å². The van der Waals surface area contributed by atoms with Gasteiger partial charge in [0, 0.05) is 6.04 Å². The topological polar surface area (TPSA) is 110 Å². The van der Waals surface area contributed by atoms with E-state index in [2.05, 4.69) is 5.32 Å². The van der Waals surface area contributed by atoms with Crippen molar-refractivity contribution in [3.8, 4) is 0 Å². The van der Waals surface area contributed by atoms with Crippen LogP contribution in [-0.4, -0.2) is 64.6 Å². The van der Waals surface area contributed by atoms with Gasteiger partial charge in [0.25, 0.3) is 0 Å². The lowest BCUT2D eigenvalue weighted by Gasteiger charge is -2.30. The molecule has 0 bridgehead atoms. The predicted octanol–water partition coefficient (Wildman–Crippen LogP) is 1.44. The molecule has 2 heterocycles. The van der Waals surface area contributed by atoms with Crippen LogP contribution in [0.15, 0.2) is 24.3 Å². The average Bonchev–Trinajstić information content (AvgIpc) is 3.11. The fourth-order valence-corrected chi connectivity index (χ4v) is 6.92. The Labute approximate surface area is 159 Å². The quantitative estimate of drug-likeness (QED) is 0.773. The minimum Gasteiger partial charge on any atom is -0.449 e. The fraction of sp³-hybridized carbons (Fsp3) is 0.588. The van der Waals surface area contributed by atoms with Crippen LogP contribution in [0.4, 0.5) is 16.2 Å². The Hall–Kier alpha value is -1.81. The second-order valence-electron chi connectivity index (χ2n) is 6.89. The lowest BCUT2D eigenvalue weighted by atomic mass is 10.1. The molecule has 2 saturated heterocycles. The normalized spacial score (nSPS) is 25.8. The van der Waals surface area contributed by atoms with Gasteiger partial charge in [-0.3, -0.25) is 4.90 Å². The Kier molecular flexibility index (Phi) is 5.66. The summed E-state index contributed by atoms with van der Waals surface area (Å²) in [6.07, 6.45) is 0.231. The highest BCUT2D eigenvalue weighted by Gasteiger charge is 2.37. The number of sulfone groups is 2. The molecule has 2 fully saturated rings. The third-order valence-corrected chi connectivity index (χ3v) is 8.31. The summed E-state index contributed by atoms with van der Waals surface area (Å²) in [6.45, 7) is 1.86. The SMILES string of the molecule is CCOC(=O)N(c1ccccc1NC1CCS(=O)(=O)C1)C1CCS(=O)(=O)C1. The second-order valence-corrected chi connectivity index (χ2v) is 11.3. The summed E-state index contributed by atoms with van der Waals surface area (Å²) in [5.41, 5.74) is 1.10. The molecule has 0 radical (unpaired) electrons. The first kappa shape index (κ1) is 19.9. The molecular weight excluding hydrogens is 392 g/mol. The number of hydrogen-bond donors (Lipinski definition) is 1. The maximum atomic E-state index is 12.6. The molecule has 2 aliphatic rings. The summed E-state index contributed by atoms with van der Waals surface area (Å²) in [5, 5.41) is 3.21. The van der Waals surface area contributed by atoms with Crippen LogP contribution in [0, 0.1) is 0 Å². The van der Waals surface area contributed by atoms with Gasteiger partial charge in [0.05, 0.1) is 47.0 Å². The number of carbonyl (C=O) groups is 1. The minimum atomic E-state index is -3.20. The first-order valence-electron chi connectivity index (χ1n) is 8.93. The number of ether oxygens (including phenoxy) is 1. The molecule has 0 saturated carbocycles. The summed E-state index contributed by atoms with van der Waals surface area (Å²) < 4.78 is 52.5. The lowest BCUT2D eigenvalue weighted by Crippen LogP contribution is -2.42. The van der Waals surface area contributed by atoms with Crippen LogP contribution in [0.3, 0.4) is 0 Å². The standard InChI is InChI=1S/C17H24N2O6S2/c1-2-25-17(20)19(14-8-10-27(23,24)12-14)16-6-4-3-5-15(16)18-13-7-9-26(21,22)11-13/h3-6,13-14,18H,2,7-12H2,1H3. The van der Waals surface area contributed by atoms with Crippen molar-refractivity contribution in [1.29, 1.82) is 0 Å². The van der Waals surface area contributed by atoms with Crippen molar-refractivity contribution >= 4 is 37.1 Å². The molecule has 8 nitrogen and oxygen atoms in total. The molecule has 27 heavy (non-hydrogen) atoms. The number of rotatable bonds is 5. The van der Waals surface area contributed by atoms with Gasteiger partial charge in [-0.25, -0.2) is 21.6 Å². The van der Waals surface area contributed by atoms with Gasteiger partial charge in [-0.2, -0.15) is 0 Å². The van der Waals surface area contributed by atoms with E-state index in [0.717, 1.165) is 0 Å². The van der Waals surface area contributed by atoms with E-state index >= 15 is 0 Å². The highest BCUT2D eigenvalue weighted by molar-refractivity contribution is 7.91. The van der Waals surface area contributed by atoms with E-state index in [9.17, 15) is 21.6 Å². The Bertz CT molecular complexity index is 913. The molecule has 1 amide bonds. The Balaban J connectivity index is 1.91. The zero-order valence-corrected chi connectivity index (χ0v) is 16.8. The molecule has 1 N–H and O–H groups in total. The average molecular weight is 417 g/mol. The highest BCUT2D eigenvalue weighted by Crippen LogP contribution is 2.33. The summed E-state index contributed by atoms with van der Waals surface area (Å²) in [6, 6.07) is 6.26. The van der Waals surface area contributed by atoms with Crippen molar-refractivity contribution in [3.63, 3.8) is 0 Å². The third-order valence-electron chi connectivity index (χ3n) is 4.79. The van der Waals surface area contributed by atoms with E-state index in [4.69, 9.17) is 4.74 Å². The van der Waals surface area contributed by atoms with Crippen LogP contribution in [0.25, 0.3) is 0 Å². The summed E-state index contributed by atoms with van der Waals surface area (Å²) in [7, 11) is -6.25. The third kappa shape index (κ3) is 4.73. The first-order chi connectivity index (χ1) is 12.7. The van der Waals surface area contributed by atoms with Crippen molar-refractivity contribution in [2.45, 2.75) is 31.8 Å². The fourth-order valence-electron chi connectivity index (χ4n) is 3.55. The Morgan fingerprint density at radius 1 is 1.11 bits per heavy atom. The van der Waals surface area contributed by atoms with Crippen LogP contribution in [0.2, 0.25) is 0 Å². The monoisotopic (exact) mass is 416 g/mol. The maximum absolute atomic E-state index is 12.6. The van der Waals surface area contributed by atoms with Gasteiger partial charge in [-0.15, -0.1) is 0 Å². The number of para-hydroxylation sites is 2.